The number of anilines is 1. The van der Waals surface area contributed by atoms with Gasteiger partial charge in [-0.1, -0.05) is 36.4 Å². The number of fused-ring (bicyclic) bond motifs is 1. The molecule has 0 spiro atoms. The van der Waals surface area contributed by atoms with Crippen LogP contribution in [-0.2, 0) is 4.79 Å². The van der Waals surface area contributed by atoms with Crippen molar-refractivity contribution < 1.29 is 19.0 Å². The summed E-state index contributed by atoms with van der Waals surface area (Å²) in [6, 6.07) is 13.7. The van der Waals surface area contributed by atoms with Crippen LogP contribution < -0.4 is 19.1 Å². The Labute approximate surface area is 170 Å². The van der Waals surface area contributed by atoms with Crippen LogP contribution in [0, 0.1) is 0 Å². The Balaban J connectivity index is 1.29. The van der Waals surface area contributed by atoms with E-state index in [2.05, 4.69) is 11.0 Å². The first-order valence-corrected chi connectivity index (χ1v) is 9.66. The van der Waals surface area contributed by atoms with Crippen molar-refractivity contribution >= 4 is 17.7 Å². The topological polar surface area (TPSA) is 51.2 Å². The van der Waals surface area contributed by atoms with Crippen LogP contribution in [0.3, 0.4) is 0 Å². The molecular weight excluding hydrogens is 368 g/mol. The molecule has 2 aromatic rings. The molecule has 0 atom stereocenters. The summed E-state index contributed by atoms with van der Waals surface area (Å²) in [4.78, 5) is 16.6. The Bertz CT molecular complexity index is 930. The molecule has 1 fully saturated rings. The summed E-state index contributed by atoms with van der Waals surface area (Å²) in [5.41, 5.74) is 2.07. The molecule has 0 aromatic heterocycles. The normalized spacial score (nSPS) is 16.0. The second-order valence-corrected chi connectivity index (χ2v) is 6.82. The molecule has 2 aliphatic heterocycles. The quantitative estimate of drug-likeness (QED) is 0.577. The standard InChI is InChI=1S/C23H24N2O4/c1-27-20-8-4-3-7-19(20)24-12-14-25(15-13-24)23(26)9-5-2-6-18-10-11-21-22(16-18)29-17-28-21/h2-11,16H,12-15,17H2,1H3/b6-2+,9-5+. The monoisotopic (exact) mass is 392 g/mol. The average molecular weight is 392 g/mol. The van der Waals surface area contributed by atoms with Crippen molar-refractivity contribution in [2.24, 2.45) is 0 Å². The number of rotatable bonds is 5. The molecule has 1 amide bonds. The molecule has 0 radical (unpaired) electrons. The van der Waals surface area contributed by atoms with Gasteiger partial charge in [-0.3, -0.25) is 4.79 Å². The minimum atomic E-state index is 0.0278. The SMILES string of the molecule is COc1ccccc1N1CCN(C(=O)/C=C/C=C/c2ccc3c(c2)OCO3)CC1. The molecule has 2 heterocycles. The molecular formula is C23H24N2O4. The number of methoxy groups -OCH3 is 1. The van der Waals surface area contributed by atoms with Crippen molar-refractivity contribution in [1.82, 2.24) is 4.90 Å². The van der Waals surface area contributed by atoms with E-state index in [0.717, 1.165) is 41.6 Å². The fraction of sp³-hybridized carbons (Fsp3) is 0.261. The largest absolute Gasteiger partial charge is 0.495 e. The second-order valence-electron chi connectivity index (χ2n) is 6.82. The summed E-state index contributed by atoms with van der Waals surface area (Å²) in [5.74, 6) is 2.40. The lowest BCUT2D eigenvalue weighted by Crippen LogP contribution is -2.48. The Kier molecular flexibility index (Phi) is 5.70. The number of piperazine rings is 1. The summed E-state index contributed by atoms with van der Waals surface area (Å²) in [5, 5.41) is 0. The van der Waals surface area contributed by atoms with Gasteiger partial charge in [-0.15, -0.1) is 0 Å². The first-order valence-electron chi connectivity index (χ1n) is 9.66. The van der Waals surface area contributed by atoms with E-state index >= 15 is 0 Å². The number of allylic oxidation sites excluding steroid dienone is 2. The molecule has 4 rings (SSSR count). The Morgan fingerprint density at radius 2 is 1.79 bits per heavy atom. The molecule has 0 bridgehead atoms. The van der Waals surface area contributed by atoms with Crippen molar-refractivity contribution in [3.8, 4) is 17.2 Å². The van der Waals surface area contributed by atoms with Crippen LogP contribution in [0.2, 0.25) is 0 Å². The van der Waals surface area contributed by atoms with Gasteiger partial charge in [0.2, 0.25) is 12.7 Å². The van der Waals surface area contributed by atoms with Crippen molar-refractivity contribution in [3.63, 3.8) is 0 Å². The van der Waals surface area contributed by atoms with E-state index in [4.69, 9.17) is 14.2 Å². The summed E-state index contributed by atoms with van der Waals surface area (Å²) >= 11 is 0. The fourth-order valence-electron chi connectivity index (χ4n) is 3.49. The second kappa shape index (κ2) is 8.73. The van der Waals surface area contributed by atoms with Gasteiger partial charge >= 0.3 is 0 Å². The molecule has 2 aliphatic rings. The molecule has 2 aromatic carbocycles. The molecule has 6 heteroatoms. The highest BCUT2D eigenvalue weighted by Crippen LogP contribution is 2.32. The zero-order valence-corrected chi connectivity index (χ0v) is 16.4. The molecule has 0 unspecified atom stereocenters. The molecule has 0 aliphatic carbocycles. The third-order valence-corrected chi connectivity index (χ3v) is 5.05. The minimum Gasteiger partial charge on any atom is -0.495 e. The highest BCUT2D eigenvalue weighted by molar-refractivity contribution is 5.88. The number of benzene rings is 2. The number of para-hydroxylation sites is 2. The van der Waals surface area contributed by atoms with Crippen LogP contribution in [-0.4, -0.2) is 50.9 Å². The number of nitrogens with zero attached hydrogens (tertiary/aromatic N) is 2. The minimum absolute atomic E-state index is 0.0278. The molecule has 0 saturated carbocycles. The third-order valence-electron chi connectivity index (χ3n) is 5.05. The maximum absolute atomic E-state index is 12.5. The van der Waals surface area contributed by atoms with Crippen molar-refractivity contribution in [2.45, 2.75) is 0 Å². The first-order chi connectivity index (χ1) is 14.2. The van der Waals surface area contributed by atoms with Crippen LogP contribution in [0.5, 0.6) is 17.2 Å². The fourth-order valence-corrected chi connectivity index (χ4v) is 3.49. The van der Waals surface area contributed by atoms with Gasteiger partial charge in [0.25, 0.3) is 0 Å². The number of amides is 1. The van der Waals surface area contributed by atoms with Crippen LogP contribution in [0.25, 0.3) is 6.08 Å². The van der Waals surface area contributed by atoms with Crippen LogP contribution in [0.4, 0.5) is 5.69 Å². The number of hydrogen-bond acceptors (Lipinski definition) is 5. The number of ether oxygens (including phenoxy) is 3. The molecule has 29 heavy (non-hydrogen) atoms. The van der Waals surface area contributed by atoms with E-state index < -0.39 is 0 Å². The third kappa shape index (κ3) is 4.37. The Morgan fingerprint density at radius 3 is 2.62 bits per heavy atom. The van der Waals surface area contributed by atoms with Crippen molar-refractivity contribution in [2.75, 3.05) is 45.0 Å². The molecule has 0 N–H and O–H groups in total. The van der Waals surface area contributed by atoms with Crippen LogP contribution >= 0.6 is 0 Å². The lowest BCUT2D eigenvalue weighted by molar-refractivity contribution is -0.126. The van der Waals surface area contributed by atoms with Crippen molar-refractivity contribution in [1.29, 1.82) is 0 Å². The first kappa shape index (κ1) is 18.9. The maximum atomic E-state index is 12.5. The lowest BCUT2D eigenvalue weighted by Gasteiger charge is -2.36. The van der Waals surface area contributed by atoms with Gasteiger partial charge in [0, 0.05) is 32.3 Å². The zero-order chi connectivity index (χ0) is 20.1. The molecule has 1 saturated heterocycles. The number of carbonyl (C=O) groups is 1. The number of hydrogen-bond donors (Lipinski definition) is 0. The average Bonchev–Trinajstić information content (AvgIpc) is 3.24. The lowest BCUT2D eigenvalue weighted by atomic mass is 10.2. The Morgan fingerprint density at radius 1 is 1.00 bits per heavy atom. The highest BCUT2D eigenvalue weighted by atomic mass is 16.7. The van der Waals surface area contributed by atoms with E-state index in [1.807, 2.05) is 53.5 Å². The molecule has 150 valence electrons. The summed E-state index contributed by atoms with van der Waals surface area (Å²) in [6.07, 6.45) is 7.19. The van der Waals surface area contributed by atoms with Gasteiger partial charge in [0.05, 0.1) is 12.8 Å². The summed E-state index contributed by atoms with van der Waals surface area (Å²) in [7, 11) is 1.68. The van der Waals surface area contributed by atoms with E-state index in [1.165, 1.54) is 0 Å². The van der Waals surface area contributed by atoms with Crippen LogP contribution in [0.15, 0.2) is 60.7 Å². The van der Waals surface area contributed by atoms with Gasteiger partial charge < -0.3 is 24.0 Å². The van der Waals surface area contributed by atoms with Crippen LogP contribution in [0.1, 0.15) is 5.56 Å². The van der Waals surface area contributed by atoms with Gasteiger partial charge in [-0.2, -0.15) is 0 Å². The van der Waals surface area contributed by atoms with Gasteiger partial charge in [0.15, 0.2) is 11.5 Å². The van der Waals surface area contributed by atoms with E-state index in [1.54, 1.807) is 19.3 Å². The van der Waals surface area contributed by atoms with Gasteiger partial charge in [-0.05, 0) is 29.8 Å². The zero-order valence-electron chi connectivity index (χ0n) is 16.4. The van der Waals surface area contributed by atoms with Gasteiger partial charge in [0.1, 0.15) is 5.75 Å². The summed E-state index contributed by atoms with van der Waals surface area (Å²) in [6.45, 7) is 3.21. The van der Waals surface area contributed by atoms with E-state index in [9.17, 15) is 4.79 Å². The van der Waals surface area contributed by atoms with E-state index in [0.29, 0.717) is 13.1 Å². The smallest absolute Gasteiger partial charge is 0.246 e. The predicted molar refractivity (Wildman–Crippen MR) is 113 cm³/mol. The highest BCUT2D eigenvalue weighted by Gasteiger charge is 2.21. The maximum Gasteiger partial charge on any atom is 0.246 e. The van der Waals surface area contributed by atoms with Crippen molar-refractivity contribution in [3.05, 3.63) is 66.3 Å². The Hall–Kier alpha value is -3.41. The van der Waals surface area contributed by atoms with Gasteiger partial charge in [-0.25, -0.2) is 0 Å². The van der Waals surface area contributed by atoms with E-state index in [-0.39, 0.29) is 12.7 Å². The summed E-state index contributed by atoms with van der Waals surface area (Å²) < 4.78 is 16.1. The predicted octanol–water partition coefficient (Wildman–Crippen LogP) is 3.34. The molecule has 6 nitrogen and oxygen atoms in total. The number of carbonyl (C=O) groups excluding carboxylic acids is 1.